The van der Waals surface area contributed by atoms with Gasteiger partial charge in [-0.3, -0.25) is 0 Å². The minimum Gasteiger partial charge on any atom is -0.401 e. The minimum absolute atomic E-state index is 0.161. The Morgan fingerprint density at radius 1 is 0.950 bits per heavy atom. The largest absolute Gasteiger partial charge is 0.401 e. The average Bonchev–Trinajstić information content (AvgIpc) is 2.97. The molecule has 2 aromatic rings. The standard InChI is InChI=1S/C35H48O4Si/c1-5-6-7-8-9-16-26-33(32(36)25-17-19-28-37-34-27-18-20-29-38-34)39-40(35(2,3)4,30-21-12-10-13-22-30)31-23-14-11-15-24-31/h6-7,9-16,21-24,32-34,36H,5,8,18,20,25-29H2,1-4H3/b7-6+,16-9-/t32-,33+,34?/m1/s1. The van der Waals surface area contributed by atoms with Gasteiger partial charge >= 0.3 is 0 Å². The predicted octanol–water partition coefficient (Wildman–Crippen LogP) is 6.53. The van der Waals surface area contributed by atoms with E-state index in [1.54, 1.807) is 0 Å². The van der Waals surface area contributed by atoms with Gasteiger partial charge in [-0.2, -0.15) is 0 Å². The molecule has 3 rings (SSSR count). The molecule has 1 aliphatic rings. The molecular weight excluding hydrogens is 512 g/mol. The fraction of sp³-hybridized carbons (Fsp3) is 0.486. The van der Waals surface area contributed by atoms with E-state index < -0.39 is 20.5 Å². The summed E-state index contributed by atoms with van der Waals surface area (Å²) in [6.45, 7) is 9.98. The van der Waals surface area contributed by atoms with Crippen molar-refractivity contribution >= 4 is 18.7 Å². The third-order valence-electron chi connectivity index (χ3n) is 7.30. The topological polar surface area (TPSA) is 47.9 Å². The lowest BCUT2D eigenvalue weighted by Crippen LogP contribution is -2.68. The van der Waals surface area contributed by atoms with Gasteiger partial charge in [-0.25, -0.2) is 0 Å². The van der Waals surface area contributed by atoms with Crippen LogP contribution in [0.25, 0.3) is 0 Å². The molecule has 216 valence electrons. The van der Waals surface area contributed by atoms with Crippen LogP contribution in [-0.4, -0.2) is 45.1 Å². The lowest BCUT2D eigenvalue weighted by molar-refractivity contribution is -0.154. The first kappa shape index (κ1) is 32.1. The molecule has 0 aromatic heterocycles. The highest BCUT2D eigenvalue weighted by molar-refractivity contribution is 6.99. The van der Waals surface area contributed by atoms with Crippen LogP contribution in [0.5, 0.6) is 0 Å². The number of rotatable bonds is 13. The van der Waals surface area contributed by atoms with E-state index in [-0.39, 0.29) is 11.3 Å². The van der Waals surface area contributed by atoms with Crippen LogP contribution in [0.1, 0.15) is 72.6 Å². The lowest BCUT2D eigenvalue weighted by atomic mass is 10.1. The summed E-state index contributed by atoms with van der Waals surface area (Å²) < 4.78 is 18.7. The third kappa shape index (κ3) is 9.29. The zero-order valence-corrected chi connectivity index (χ0v) is 25.9. The van der Waals surface area contributed by atoms with Crippen LogP contribution in [-0.2, 0) is 13.9 Å². The predicted molar refractivity (Wildman–Crippen MR) is 168 cm³/mol. The lowest BCUT2D eigenvalue weighted by Gasteiger charge is -2.45. The van der Waals surface area contributed by atoms with E-state index in [9.17, 15) is 5.11 Å². The zero-order chi connectivity index (χ0) is 28.7. The van der Waals surface area contributed by atoms with Gasteiger partial charge in [0.15, 0.2) is 6.29 Å². The molecule has 0 bridgehead atoms. The molecule has 0 saturated carbocycles. The van der Waals surface area contributed by atoms with Gasteiger partial charge in [-0.05, 0) is 53.9 Å². The summed E-state index contributed by atoms with van der Waals surface area (Å²) in [5.74, 6) is 6.23. The first-order valence-corrected chi connectivity index (χ1v) is 16.7. The molecule has 1 fully saturated rings. The zero-order valence-electron chi connectivity index (χ0n) is 24.9. The van der Waals surface area contributed by atoms with Crippen molar-refractivity contribution in [1.29, 1.82) is 0 Å². The number of aliphatic hydroxyl groups excluding tert-OH is 1. The summed E-state index contributed by atoms with van der Waals surface area (Å²) in [7, 11) is -2.83. The first-order chi connectivity index (χ1) is 19.4. The van der Waals surface area contributed by atoms with Gasteiger partial charge in [-0.1, -0.05) is 125 Å². The second-order valence-corrected chi connectivity index (χ2v) is 15.6. The number of hydrogen-bond donors (Lipinski definition) is 1. The molecule has 2 aromatic carbocycles. The average molecular weight is 561 g/mol. The van der Waals surface area contributed by atoms with E-state index in [4.69, 9.17) is 13.9 Å². The molecule has 1 N–H and O–H groups in total. The highest BCUT2D eigenvalue weighted by Gasteiger charge is 2.51. The number of ether oxygens (including phenoxy) is 2. The highest BCUT2D eigenvalue weighted by atomic mass is 28.4. The van der Waals surface area contributed by atoms with Crippen molar-refractivity contribution in [2.45, 2.75) is 96.2 Å². The van der Waals surface area contributed by atoms with Crippen LogP contribution in [0, 0.1) is 11.8 Å². The Morgan fingerprint density at radius 3 is 2.17 bits per heavy atom. The van der Waals surface area contributed by atoms with Gasteiger partial charge in [0, 0.05) is 13.0 Å². The van der Waals surface area contributed by atoms with E-state index in [1.807, 2.05) is 12.1 Å². The molecule has 40 heavy (non-hydrogen) atoms. The Morgan fingerprint density at radius 2 is 1.60 bits per heavy atom. The second-order valence-electron chi connectivity index (χ2n) is 11.4. The van der Waals surface area contributed by atoms with Crippen LogP contribution in [0.3, 0.4) is 0 Å². The fourth-order valence-corrected chi connectivity index (χ4v) is 9.93. The maximum atomic E-state index is 11.5. The van der Waals surface area contributed by atoms with E-state index in [0.29, 0.717) is 19.4 Å². The molecule has 1 aliphatic heterocycles. The summed E-state index contributed by atoms with van der Waals surface area (Å²) in [6, 6.07) is 21.2. The summed E-state index contributed by atoms with van der Waals surface area (Å²) >= 11 is 0. The Labute approximate surface area is 243 Å². The van der Waals surface area contributed by atoms with Crippen molar-refractivity contribution in [2.24, 2.45) is 0 Å². The van der Waals surface area contributed by atoms with Gasteiger partial charge < -0.3 is 19.0 Å². The summed E-state index contributed by atoms with van der Waals surface area (Å²) in [5.41, 5.74) is 0. The molecule has 5 heteroatoms. The Hall–Kier alpha value is -2.46. The van der Waals surface area contributed by atoms with E-state index in [2.05, 4.69) is 112 Å². The quantitative estimate of drug-likeness (QED) is 0.172. The molecule has 0 amide bonds. The van der Waals surface area contributed by atoms with Crippen molar-refractivity contribution < 1.29 is 19.0 Å². The van der Waals surface area contributed by atoms with Gasteiger partial charge in [0.1, 0.15) is 6.61 Å². The maximum absolute atomic E-state index is 11.5. The van der Waals surface area contributed by atoms with E-state index >= 15 is 0 Å². The van der Waals surface area contributed by atoms with Gasteiger partial charge in [0.05, 0.1) is 12.2 Å². The van der Waals surface area contributed by atoms with Crippen LogP contribution >= 0.6 is 0 Å². The van der Waals surface area contributed by atoms with Gasteiger partial charge in [0.25, 0.3) is 8.32 Å². The van der Waals surface area contributed by atoms with Crippen LogP contribution in [0.2, 0.25) is 5.04 Å². The van der Waals surface area contributed by atoms with Gasteiger partial charge in [0.2, 0.25) is 0 Å². The van der Waals surface area contributed by atoms with Crippen molar-refractivity contribution in [1.82, 2.24) is 0 Å². The van der Waals surface area contributed by atoms with Gasteiger partial charge in [-0.15, -0.1) is 0 Å². The second kappa shape index (κ2) is 16.7. The van der Waals surface area contributed by atoms with Crippen molar-refractivity contribution in [2.75, 3.05) is 13.2 Å². The maximum Gasteiger partial charge on any atom is 0.261 e. The van der Waals surface area contributed by atoms with Crippen molar-refractivity contribution in [3.63, 3.8) is 0 Å². The molecule has 3 atom stereocenters. The van der Waals surface area contributed by atoms with Crippen molar-refractivity contribution in [3.8, 4) is 11.8 Å². The van der Waals surface area contributed by atoms with E-state index in [0.717, 1.165) is 38.7 Å². The summed E-state index contributed by atoms with van der Waals surface area (Å²) in [4.78, 5) is 0. The number of aliphatic hydroxyl groups is 1. The molecule has 1 saturated heterocycles. The number of benzene rings is 2. The van der Waals surface area contributed by atoms with Crippen LogP contribution < -0.4 is 10.4 Å². The number of hydrogen-bond acceptors (Lipinski definition) is 4. The molecule has 1 unspecified atom stereocenters. The Bertz CT molecular complexity index is 1050. The first-order valence-electron chi connectivity index (χ1n) is 14.8. The molecule has 1 heterocycles. The monoisotopic (exact) mass is 560 g/mol. The Balaban J connectivity index is 1.87. The fourth-order valence-electron chi connectivity index (χ4n) is 5.21. The van der Waals surface area contributed by atoms with Crippen molar-refractivity contribution in [3.05, 3.63) is 85.0 Å². The number of allylic oxidation sites excluding steroid dienone is 3. The Kier molecular flexibility index (Phi) is 13.4. The van der Waals surface area contributed by atoms with Crippen LogP contribution in [0.15, 0.2) is 85.0 Å². The summed E-state index contributed by atoms with van der Waals surface area (Å²) in [5, 5.41) is 13.7. The SMILES string of the molecule is CC/C=C/C/C=C\C[C@H](O[Si](c1ccccc1)(c1ccccc1)C(C)(C)C)[C@H](O)CC#CCOC1CCCCO1. The smallest absolute Gasteiger partial charge is 0.261 e. The molecule has 0 spiro atoms. The minimum atomic E-state index is -2.83. The summed E-state index contributed by atoms with van der Waals surface area (Å²) in [6.07, 6.45) is 13.3. The molecule has 0 aliphatic carbocycles. The van der Waals surface area contributed by atoms with E-state index in [1.165, 1.54) is 10.4 Å². The highest BCUT2D eigenvalue weighted by Crippen LogP contribution is 2.38. The normalized spacial score (nSPS) is 18.0. The molecule has 4 nitrogen and oxygen atoms in total. The molecular formula is C35H48O4Si. The molecule has 0 radical (unpaired) electrons. The van der Waals surface area contributed by atoms with Crippen LogP contribution in [0.4, 0.5) is 0 Å². The third-order valence-corrected chi connectivity index (χ3v) is 12.4.